The topological polar surface area (TPSA) is 88.2 Å². The number of hydrogen-bond donors (Lipinski definition) is 1. The Hall–Kier alpha value is -4.54. The van der Waals surface area contributed by atoms with Gasteiger partial charge in [-0.2, -0.15) is 0 Å². The zero-order valence-corrected chi connectivity index (χ0v) is 22.4. The Kier molecular flexibility index (Phi) is 7.95. The minimum absolute atomic E-state index is 0.0752. The average molecular weight is 517 g/mol. The maximum absolute atomic E-state index is 13.4. The quantitative estimate of drug-likeness (QED) is 0.397. The van der Waals surface area contributed by atoms with E-state index in [1.807, 2.05) is 42.2 Å². The maximum Gasteiger partial charge on any atom is 0.254 e. The summed E-state index contributed by atoms with van der Waals surface area (Å²) >= 11 is 0. The van der Waals surface area contributed by atoms with Gasteiger partial charge in [0, 0.05) is 55.6 Å². The number of nitrogens with two attached hydrogens (primary N) is 1. The predicted octanol–water partition coefficient (Wildman–Crippen LogP) is 4.35. The highest BCUT2D eigenvalue weighted by Crippen LogP contribution is 2.26. The van der Waals surface area contributed by atoms with Crippen LogP contribution in [0, 0.1) is 18.8 Å². The Morgan fingerprint density at radius 1 is 0.949 bits per heavy atom. The van der Waals surface area contributed by atoms with E-state index < -0.39 is 0 Å². The van der Waals surface area contributed by atoms with Gasteiger partial charge in [-0.05, 0) is 48.7 Å². The van der Waals surface area contributed by atoms with Crippen LogP contribution >= 0.6 is 0 Å². The summed E-state index contributed by atoms with van der Waals surface area (Å²) in [5.41, 5.74) is 12.7. The molecular weight excluding hydrogens is 484 g/mol. The van der Waals surface area contributed by atoms with Gasteiger partial charge in [0.1, 0.15) is 12.1 Å². The second kappa shape index (κ2) is 11.9. The summed E-state index contributed by atoms with van der Waals surface area (Å²) in [6.45, 7) is 8.12. The summed E-state index contributed by atoms with van der Waals surface area (Å²) in [6.07, 6.45) is 3.96. The third-order valence-electron chi connectivity index (χ3n) is 7.02. The van der Waals surface area contributed by atoms with Crippen molar-refractivity contribution in [2.75, 3.05) is 31.9 Å². The highest BCUT2D eigenvalue weighted by Gasteiger charge is 2.23. The molecule has 0 aliphatic carbocycles. The SMILES string of the molecule is CCc1ncnc(-c2ccc(C(=O)N3CCN(Cc4ccccc4)CC3)c(C)c2)c1C#Cc1ccc(N)nc1. The van der Waals surface area contributed by atoms with Crippen molar-refractivity contribution < 1.29 is 4.79 Å². The molecule has 1 aliphatic heterocycles. The number of aromatic nitrogens is 3. The molecule has 7 heteroatoms. The van der Waals surface area contributed by atoms with E-state index >= 15 is 0 Å². The standard InChI is InChI=1S/C32H32N6O/c1-3-29-28(12-9-24-10-14-30(33)34-20-24)31(36-22-35-29)26-11-13-27(23(2)19-26)32(39)38-17-15-37(16-18-38)21-25-7-5-4-6-8-25/h4-8,10-11,13-14,19-20,22H,3,15-18,21H2,1-2H3,(H2,33,34). The first-order chi connectivity index (χ1) is 19.0. The van der Waals surface area contributed by atoms with E-state index in [0.29, 0.717) is 5.82 Å². The highest BCUT2D eigenvalue weighted by atomic mass is 16.2. The molecule has 0 saturated carbocycles. The number of nitrogen functional groups attached to an aromatic ring is 1. The predicted molar refractivity (Wildman–Crippen MR) is 154 cm³/mol. The lowest BCUT2D eigenvalue weighted by Crippen LogP contribution is -2.48. The molecule has 1 fully saturated rings. The molecule has 1 saturated heterocycles. The molecule has 0 radical (unpaired) electrons. The second-order valence-electron chi connectivity index (χ2n) is 9.70. The van der Waals surface area contributed by atoms with Crippen LogP contribution < -0.4 is 5.73 Å². The van der Waals surface area contributed by atoms with E-state index in [4.69, 9.17) is 5.73 Å². The zero-order valence-electron chi connectivity index (χ0n) is 22.4. The zero-order chi connectivity index (χ0) is 27.2. The van der Waals surface area contributed by atoms with Crippen molar-refractivity contribution in [2.24, 2.45) is 0 Å². The number of piperazine rings is 1. The van der Waals surface area contributed by atoms with E-state index in [9.17, 15) is 4.79 Å². The lowest BCUT2D eigenvalue weighted by Gasteiger charge is -2.35. The number of anilines is 1. The number of amides is 1. The van der Waals surface area contributed by atoms with Gasteiger partial charge in [0.25, 0.3) is 5.91 Å². The summed E-state index contributed by atoms with van der Waals surface area (Å²) in [5, 5.41) is 0. The van der Waals surface area contributed by atoms with Crippen LogP contribution in [-0.4, -0.2) is 56.8 Å². The molecule has 39 heavy (non-hydrogen) atoms. The van der Waals surface area contributed by atoms with Gasteiger partial charge in [0.05, 0.1) is 17.0 Å². The van der Waals surface area contributed by atoms with E-state index in [-0.39, 0.29) is 5.91 Å². The Bertz CT molecular complexity index is 1510. The molecule has 2 aromatic heterocycles. The van der Waals surface area contributed by atoms with Crippen molar-refractivity contribution in [2.45, 2.75) is 26.8 Å². The molecule has 5 rings (SSSR count). The van der Waals surface area contributed by atoms with Crippen molar-refractivity contribution in [1.82, 2.24) is 24.8 Å². The molecule has 0 unspecified atom stereocenters. The lowest BCUT2D eigenvalue weighted by atomic mass is 9.98. The maximum atomic E-state index is 13.4. The largest absolute Gasteiger partial charge is 0.384 e. The molecule has 4 aromatic rings. The van der Waals surface area contributed by atoms with E-state index in [1.54, 1.807) is 18.6 Å². The lowest BCUT2D eigenvalue weighted by molar-refractivity contribution is 0.0628. The van der Waals surface area contributed by atoms with Gasteiger partial charge in [-0.3, -0.25) is 9.69 Å². The Balaban J connectivity index is 1.33. The van der Waals surface area contributed by atoms with Gasteiger partial charge in [-0.25, -0.2) is 15.0 Å². The number of benzene rings is 2. The van der Waals surface area contributed by atoms with Crippen molar-refractivity contribution in [1.29, 1.82) is 0 Å². The fourth-order valence-corrected chi connectivity index (χ4v) is 4.83. The van der Waals surface area contributed by atoms with Crippen LogP contribution in [0.2, 0.25) is 0 Å². The summed E-state index contributed by atoms with van der Waals surface area (Å²) in [4.78, 5) is 30.9. The first-order valence-corrected chi connectivity index (χ1v) is 13.3. The third-order valence-corrected chi connectivity index (χ3v) is 7.02. The second-order valence-corrected chi connectivity index (χ2v) is 9.70. The fraction of sp³-hybridized carbons (Fsp3) is 0.250. The van der Waals surface area contributed by atoms with Crippen molar-refractivity contribution >= 4 is 11.7 Å². The van der Waals surface area contributed by atoms with Crippen molar-refractivity contribution in [3.63, 3.8) is 0 Å². The van der Waals surface area contributed by atoms with E-state index in [0.717, 1.165) is 78.3 Å². The number of rotatable bonds is 5. The van der Waals surface area contributed by atoms with E-state index in [2.05, 4.69) is 62.9 Å². The first kappa shape index (κ1) is 26.1. The van der Waals surface area contributed by atoms with Crippen LogP contribution in [-0.2, 0) is 13.0 Å². The number of hydrogen-bond acceptors (Lipinski definition) is 6. The number of aryl methyl sites for hydroxylation is 2. The smallest absolute Gasteiger partial charge is 0.254 e. The van der Waals surface area contributed by atoms with Crippen LogP contribution in [0.15, 0.2) is 73.2 Å². The Morgan fingerprint density at radius 2 is 1.74 bits per heavy atom. The third kappa shape index (κ3) is 6.14. The van der Waals surface area contributed by atoms with Gasteiger partial charge < -0.3 is 10.6 Å². The van der Waals surface area contributed by atoms with Crippen LogP contribution in [0.1, 0.15) is 45.2 Å². The molecule has 3 heterocycles. The number of nitrogens with zero attached hydrogens (tertiary/aromatic N) is 5. The fourth-order valence-electron chi connectivity index (χ4n) is 4.83. The molecule has 1 aliphatic rings. The summed E-state index contributed by atoms with van der Waals surface area (Å²) in [7, 11) is 0. The van der Waals surface area contributed by atoms with Crippen LogP contribution in [0.4, 0.5) is 5.82 Å². The number of carbonyl (C=O) groups excluding carboxylic acids is 1. The molecular formula is C32H32N6O. The van der Waals surface area contributed by atoms with Crippen molar-refractivity contribution in [3.8, 4) is 23.1 Å². The van der Waals surface area contributed by atoms with Gasteiger partial charge >= 0.3 is 0 Å². The Labute approximate surface area is 229 Å². The summed E-state index contributed by atoms with van der Waals surface area (Å²) in [6, 6.07) is 19.9. The van der Waals surface area contributed by atoms with Crippen molar-refractivity contribution in [3.05, 3.63) is 107 Å². The molecule has 0 atom stereocenters. The van der Waals surface area contributed by atoms with Gasteiger partial charge in [-0.15, -0.1) is 0 Å². The molecule has 1 amide bonds. The minimum Gasteiger partial charge on any atom is -0.384 e. The molecule has 7 nitrogen and oxygen atoms in total. The Morgan fingerprint density at radius 3 is 2.44 bits per heavy atom. The first-order valence-electron chi connectivity index (χ1n) is 13.3. The van der Waals surface area contributed by atoms with E-state index in [1.165, 1.54) is 5.56 Å². The molecule has 2 aromatic carbocycles. The molecule has 196 valence electrons. The highest BCUT2D eigenvalue weighted by molar-refractivity contribution is 5.96. The molecule has 0 spiro atoms. The molecule has 0 bridgehead atoms. The number of pyridine rings is 1. The molecule has 2 N–H and O–H groups in total. The van der Waals surface area contributed by atoms with Gasteiger partial charge in [0.15, 0.2) is 0 Å². The van der Waals surface area contributed by atoms with Gasteiger partial charge in [0.2, 0.25) is 0 Å². The number of carbonyl (C=O) groups is 1. The summed E-state index contributed by atoms with van der Waals surface area (Å²) in [5.74, 6) is 6.96. The van der Waals surface area contributed by atoms with Crippen LogP contribution in [0.3, 0.4) is 0 Å². The van der Waals surface area contributed by atoms with Crippen LogP contribution in [0.5, 0.6) is 0 Å². The summed E-state index contributed by atoms with van der Waals surface area (Å²) < 4.78 is 0. The van der Waals surface area contributed by atoms with Gasteiger partial charge in [-0.1, -0.05) is 55.2 Å². The monoisotopic (exact) mass is 516 g/mol. The minimum atomic E-state index is 0.0752. The van der Waals surface area contributed by atoms with Crippen LogP contribution in [0.25, 0.3) is 11.3 Å². The normalized spacial score (nSPS) is 13.5. The average Bonchev–Trinajstić information content (AvgIpc) is 2.97.